The van der Waals surface area contributed by atoms with E-state index in [2.05, 4.69) is 15.5 Å². The Morgan fingerprint density at radius 3 is 2.86 bits per heavy atom. The minimum absolute atomic E-state index is 0.208. The lowest BCUT2D eigenvalue weighted by Gasteiger charge is -2.26. The summed E-state index contributed by atoms with van der Waals surface area (Å²) < 4.78 is 10.9. The average molecular weight is 307 g/mol. The van der Waals surface area contributed by atoms with E-state index in [4.69, 9.17) is 9.47 Å². The van der Waals surface area contributed by atoms with E-state index in [9.17, 15) is 4.79 Å². The molecule has 22 heavy (non-hydrogen) atoms. The van der Waals surface area contributed by atoms with Gasteiger partial charge in [0.15, 0.2) is 0 Å². The number of nitrogens with one attached hydrogen (secondary N) is 2. The fraction of sp³-hybridized carbons (Fsp3) is 0.562. The fourth-order valence-electron chi connectivity index (χ4n) is 2.23. The van der Waals surface area contributed by atoms with Crippen molar-refractivity contribution in [3.05, 3.63) is 24.3 Å². The van der Waals surface area contributed by atoms with Crippen LogP contribution in [0.2, 0.25) is 0 Å². The molecule has 6 nitrogen and oxygen atoms in total. The Labute approximate surface area is 131 Å². The number of urea groups is 1. The van der Waals surface area contributed by atoms with Gasteiger partial charge in [-0.1, -0.05) is 19.1 Å². The molecule has 1 saturated heterocycles. The molecule has 0 bridgehead atoms. The summed E-state index contributed by atoms with van der Waals surface area (Å²) in [6.45, 7) is 7.54. The maximum atomic E-state index is 12.0. The highest BCUT2D eigenvalue weighted by molar-refractivity contribution is 5.90. The van der Waals surface area contributed by atoms with Crippen LogP contribution < -0.4 is 15.4 Å². The van der Waals surface area contributed by atoms with E-state index < -0.39 is 0 Å². The quantitative estimate of drug-likeness (QED) is 0.808. The first-order chi connectivity index (χ1) is 10.8. The minimum atomic E-state index is -0.208. The van der Waals surface area contributed by atoms with E-state index in [1.807, 2.05) is 31.2 Å². The smallest absolute Gasteiger partial charge is 0.319 e. The van der Waals surface area contributed by atoms with E-state index in [1.165, 1.54) is 0 Å². The molecule has 1 heterocycles. The maximum absolute atomic E-state index is 12.0. The molecule has 2 rings (SSSR count). The summed E-state index contributed by atoms with van der Waals surface area (Å²) >= 11 is 0. The number of ether oxygens (including phenoxy) is 2. The summed E-state index contributed by atoms with van der Waals surface area (Å²) in [5, 5.41) is 5.71. The van der Waals surface area contributed by atoms with Gasteiger partial charge in [-0.3, -0.25) is 4.90 Å². The van der Waals surface area contributed by atoms with Gasteiger partial charge >= 0.3 is 6.03 Å². The molecule has 0 spiro atoms. The zero-order chi connectivity index (χ0) is 15.6. The third kappa shape index (κ3) is 5.54. The number of amides is 2. The van der Waals surface area contributed by atoms with Gasteiger partial charge in [-0.05, 0) is 18.6 Å². The number of hydrogen-bond acceptors (Lipinski definition) is 4. The lowest BCUT2D eigenvalue weighted by atomic mass is 10.3. The van der Waals surface area contributed by atoms with Crippen LogP contribution in [0.3, 0.4) is 0 Å². The lowest BCUT2D eigenvalue weighted by Crippen LogP contribution is -2.42. The lowest BCUT2D eigenvalue weighted by molar-refractivity contribution is 0.0388. The SMILES string of the molecule is CCCOc1ccccc1NC(=O)NCCN1CCOCC1. The second-order valence-electron chi connectivity index (χ2n) is 5.18. The average Bonchev–Trinajstić information content (AvgIpc) is 2.55. The van der Waals surface area contributed by atoms with Crippen molar-refractivity contribution in [2.24, 2.45) is 0 Å². The molecule has 0 aromatic heterocycles. The van der Waals surface area contributed by atoms with Crippen molar-refractivity contribution in [3.8, 4) is 5.75 Å². The van der Waals surface area contributed by atoms with Crippen molar-refractivity contribution in [1.29, 1.82) is 0 Å². The van der Waals surface area contributed by atoms with Crippen LogP contribution in [-0.2, 0) is 4.74 Å². The van der Waals surface area contributed by atoms with Crippen LogP contribution in [0.4, 0.5) is 10.5 Å². The Hall–Kier alpha value is -1.79. The third-order valence-electron chi connectivity index (χ3n) is 3.41. The Bertz CT molecular complexity index is 462. The Morgan fingerprint density at radius 2 is 2.09 bits per heavy atom. The number of hydrogen-bond donors (Lipinski definition) is 2. The molecule has 122 valence electrons. The fourth-order valence-corrected chi connectivity index (χ4v) is 2.23. The molecule has 0 aliphatic carbocycles. The number of carbonyl (C=O) groups is 1. The predicted octanol–water partition coefficient (Wildman–Crippen LogP) is 1.93. The zero-order valence-corrected chi connectivity index (χ0v) is 13.1. The molecule has 1 aliphatic heterocycles. The molecule has 0 unspecified atom stereocenters. The normalized spacial score (nSPS) is 15.3. The number of anilines is 1. The summed E-state index contributed by atoms with van der Waals surface area (Å²) in [6, 6.07) is 7.26. The first-order valence-electron chi connectivity index (χ1n) is 7.86. The van der Waals surface area contributed by atoms with Crippen molar-refractivity contribution >= 4 is 11.7 Å². The zero-order valence-electron chi connectivity index (χ0n) is 13.1. The van der Waals surface area contributed by atoms with Crippen LogP contribution in [0.1, 0.15) is 13.3 Å². The molecule has 0 atom stereocenters. The molecule has 1 aromatic rings. The van der Waals surface area contributed by atoms with Gasteiger partial charge in [0.1, 0.15) is 5.75 Å². The van der Waals surface area contributed by atoms with Gasteiger partial charge in [0, 0.05) is 26.2 Å². The van der Waals surface area contributed by atoms with Crippen molar-refractivity contribution < 1.29 is 14.3 Å². The summed E-state index contributed by atoms with van der Waals surface area (Å²) in [7, 11) is 0. The summed E-state index contributed by atoms with van der Waals surface area (Å²) in [4.78, 5) is 14.2. The third-order valence-corrected chi connectivity index (χ3v) is 3.41. The monoisotopic (exact) mass is 307 g/mol. The van der Waals surface area contributed by atoms with E-state index in [-0.39, 0.29) is 6.03 Å². The molecular weight excluding hydrogens is 282 g/mol. The van der Waals surface area contributed by atoms with Crippen molar-refractivity contribution in [2.45, 2.75) is 13.3 Å². The van der Waals surface area contributed by atoms with Crippen LogP contribution in [0, 0.1) is 0 Å². The first-order valence-corrected chi connectivity index (χ1v) is 7.86. The van der Waals surface area contributed by atoms with Crippen molar-refractivity contribution in [2.75, 3.05) is 51.3 Å². The van der Waals surface area contributed by atoms with Crippen molar-refractivity contribution in [3.63, 3.8) is 0 Å². The topological polar surface area (TPSA) is 62.8 Å². The maximum Gasteiger partial charge on any atom is 0.319 e. The first kappa shape index (κ1) is 16.6. The molecule has 1 aliphatic rings. The van der Waals surface area contributed by atoms with Gasteiger partial charge in [0.25, 0.3) is 0 Å². The predicted molar refractivity (Wildman–Crippen MR) is 86.5 cm³/mol. The Kier molecular flexibility index (Phi) is 6.99. The van der Waals surface area contributed by atoms with Crippen LogP contribution in [-0.4, -0.2) is 56.9 Å². The van der Waals surface area contributed by atoms with Crippen LogP contribution in [0.15, 0.2) is 24.3 Å². The largest absolute Gasteiger partial charge is 0.491 e. The summed E-state index contributed by atoms with van der Waals surface area (Å²) in [6.07, 6.45) is 0.931. The highest BCUT2D eigenvalue weighted by Gasteiger charge is 2.11. The van der Waals surface area contributed by atoms with E-state index in [1.54, 1.807) is 0 Å². The van der Waals surface area contributed by atoms with Crippen LogP contribution in [0.25, 0.3) is 0 Å². The Morgan fingerprint density at radius 1 is 1.32 bits per heavy atom. The Balaban J connectivity index is 1.74. The minimum Gasteiger partial charge on any atom is -0.491 e. The van der Waals surface area contributed by atoms with E-state index in [0.29, 0.717) is 24.6 Å². The number of rotatable bonds is 7. The van der Waals surface area contributed by atoms with Crippen LogP contribution >= 0.6 is 0 Å². The number of morpholine rings is 1. The molecule has 0 radical (unpaired) electrons. The van der Waals surface area contributed by atoms with Gasteiger partial charge in [-0.15, -0.1) is 0 Å². The summed E-state index contributed by atoms with van der Waals surface area (Å²) in [5.74, 6) is 0.702. The molecule has 2 amide bonds. The summed E-state index contributed by atoms with van der Waals surface area (Å²) in [5.41, 5.74) is 0.694. The van der Waals surface area contributed by atoms with Gasteiger partial charge in [0.05, 0.1) is 25.5 Å². The van der Waals surface area contributed by atoms with Crippen molar-refractivity contribution in [1.82, 2.24) is 10.2 Å². The molecule has 1 aromatic carbocycles. The molecule has 6 heteroatoms. The number of para-hydroxylation sites is 2. The van der Waals surface area contributed by atoms with Crippen LogP contribution in [0.5, 0.6) is 5.75 Å². The van der Waals surface area contributed by atoms with Gasteiger partial charge < -0.3 is 20.1 Å². The molecule has 2 N–H and O–H groups in total. The standard InChI is InChI=1S/C16H25N3O3/c1-2-11-22-15-6-4-3-5-14(15)18-16(20)17-7-8-19-9-12-21-13-10-19/h3-6H,2,7-13H2,1H3,(H2,17,18,20). The van der Waals surface area contributed by atoms with E-state index >= 15 is 0 Å². The molecule has 0 saturated carbocycles. The molecule has 1 fully saturated rings. The number of benzene rings is 1. The van der Waals surface area contributed by atoms with Gasteiger partial charge in [-0.2, -0.15) is 0 Å². The second kappa shape index (κ2) is 9.27. The highest BCUT2D eigenvalue weighted by atomic mass is 16.5. The number of carbonyl (C=O) groups excluding carboxylic acids is 1. The second-order valence-corrected chi connectivity index (χ2v) is 5.18. The highest BCUT2D eigenvalue weighted by Crippen LogP contribution is 2.23. The van der Waals surface area contributed by atoms with Gasteiger partial charge in [0.2, 0.25) is 0 Å². The van der Waals surface area contributed by atoms with E-state index in [0.717, 1.165) is 39.3 Å². The molecular formula is C16H25N3O3. The van der Waals surface area contributed by atoms with Gasteiger partial charge in [-0.25, -0.2) is 4.79 Å². The number of nitrogens with zero attached hydrogens (tertiary/aromatic N) is 1.